The highest BCUT2D eigenvalue weighted by atomic mass is 79.9. The number of carbonyl (C=O) groups is 4. The van der Waals surface area contributed by atoms with Crippen molar-refractivity contribution in [3.8, 4) is 0 Å². The second-order valence-electron chi connectivity index (χ2n) is 13.9. The number of aliphatic imine (C=N–C) groups is 1. The van der Waals surface area contributed by atoms with Crippen molar-refractivity contribution in [3.05, 3.63) is 120 Å². The van der Waals surface area contributed by atoms with E-state index in [0.29, 0.717) is 29.7 Å². The highest BCUT2D eigenvalue weighted by Gasteiger charge is 2.47. The molecule has 1 aromatic heterocycles. The van der Waals surface area contributed by atoms with Crippen LogP contribution in [0.15, 0.2) is 108 Å². The van der Waals surface area contributed by atoms with Crippen LogP contribution in [0.2, 0.25) is 0 Å². The van der Waals surface area contributed by atoms with Crippen molar-refractivity contribution in [1.82, 2.24) is 14.7 Å². The molecule has 2 aliphatic rings. The molecule has 0 saturated carbocycles. The van der Waals surface area contributed by atoms with E-state index in [-0.39, 0.29) is 54.4 Å². The molecule has 0 saturated heterocycles. The average molecular weight is 757 g/mol. The summed E-state index contributed by atoms with van der Waals surface area (Å²) in [4.78, 5) is 64.9. The van der Waals surface area contributed by atoms with Gasteiger partial charge in [-0.3, -0.25) is 24.2 Å². The van der Waals surface area contributed by atoms with Crippen LogP contribution in [0.25, 0.3) is 5.70 Å². The van der Waals surface area contributed by atoms with E-state index in [1.807, 2.05) is 119 Å². The number of hydrogen-bond acceptors (Lipinski definition) is 6. The number of aldehydes is 1. The summed E-state index contributed by atoms with van der Waals surface area (Å²) in [5, 5.41) is 0. The van der Waals surface area contributed by atoms with Crippen molar-refractivity contribution in [1.29, 1.82) is 0 Å². The summed E-state index contributed by atoms with van der Waals surface area (Å²) in [7, 11) is 0. The number of ether oxygens (including phenoxy) is 1. The highest BCUT2D eigenvalue weighted by Crippen LogP contribution is 2.34. The first-order valence-electron chi connectivity index (χ1n) is 17.0. The summed E-state index contributed by atoms with van der Waals surface area (Å²) < 4.78 is 7.82. The number of amides is 3. The molecule has 3 amide bonds. The van der Waals surface area contributed by atoms with E-state index >= 15 is 4.79 Å². The maximum Gasteiger partial charge on any atom is 0.295 e. The first-order chi connectivity index (χ1) is 23.9. The molecule has 5 rings (SSSR count). The number of allylic oxidation sites excluding steroid dienone is 2. The van der Waals surface area contributed by atoms with Crippen molar-refractivity contribution >= 4 is 35.7 Å². The van der Waals surface area contributed by atoms with Gasteiger partial charge in [-0.2, -0.15) is 0 Å². The van der Waals surface area contributed by atoms with Gasteiger partial charge in [-0.1, -0.05) is 80.1 Å². The van der Waals surface area contributed by atoms with E-state index < -0.39 is 29.4 Å². The zero-order valence-electron chi connectivity index (χ0n) is 30.0. The average Bonchev–Trinajstić information content (AvgIpc) is 3.47. The summed E-state index contributed by atoms with van der Waals surface area (Å²) in [5.41, 5.74) is 2.90. The van der Waals surface area contributed by atoms with Crippen LogP contribution in [0, 0.1) is 5.92 Å². The zero-order chi connectivity index (χ0) is 36.0. The van der Waals surface area contributed by atoms with Crippen molar-refractivity contribution < 1.29 is 45.5 Å². The lowest BCUT2D eigenvalue weighted by Crippen LogP contribution is -3.00. The van der Waals surface area contributed by atoms with Crippen molar-refractivity contribution in [3.63, 3.8) is 0 Å². The predicted molar refractivity (Wildman–Crippen MR) is 191 cm³/mol. The fourth-order valence-electron chi connectivity index (χ4n) is 6.09. The molecule has 11 heteroatoms. The van der Waals surface area contributed by atoms with Gasteiger partial charge in [0.1, 0.15) is 25.0 Å². The number of amidine groups is 1. The minimum Gasteiger partial charge on any atom is -1.00 e. The summed E-state index contributed by atoms with van der Waals surface area (Å²) in [5.74, 6) is -1.56. The second-order valence-corrected chi connectivity index (χ2v) is 13.9. The molecule has 3 heterocycles. The SMILES string of the molecule is CC(C)=CC[n+]1ccc(C(=O)N2C=C(c3ccccc3)N([C@@H](Cc3ccccc3)C(=O)N(CC=O)C3=NC(C)(C)CO3)C(=O)[C@H]2C(C)C)cc1.[Br-]. The number of benzene rings is 2. The van der Waals surface area contributed by atoms with Crippen LogP contribution in [0.5, 0.6) is 0 Å². The zero-order valence-corrected chi connectivity index (χ0v) is 31.6. The van der Waals surface area contributed by atoms with Gasteiger partial charge in [-0.05, 0) is 50.8 Å². The minimum absolute atomic E-state index is 0. The Morgan fingerprint density at radius 1 is 1.02 bits per heavy atom. The number of rotatable bonds is 11. The van der Waals surface area contributed by atoms with Gasteiger partial charge >= 0.3 is 0 Å². The van der Waals surface area contributed by atoms with Gasteiger partial charge in [-0.25, -0.2) is 9.56 Å². The molecule has 0 bridgehead atoms. The smallest absolute Gasteiger partial charge is 0.295 e. The van der Waals surface area contributed by atoms with Gasteiger partial charge in [0, 0.05) is 24.8 Å². The number of hydrogen-bond donors (Lipinski definition) is 0. The highest BCUT2D eigenvalue weighted by molar-refractivity contribution is 6.06. The van der Waals surface area contributed by atoms with E-state index in [1.54, 1.807) is 18.3 Å². The Kier molecular flexibility index (Phi) is 12.9. The van der Waals surface area contributed by atoms with Crippen LogP contribution in [0.4, 0.5) is 0 Å². The standard InChI is InChI=1S/C40H46N5O5.BrH/c1-28(2)17-20-42-21-18-32(19-22-42)36(47)44-26-34(31-15-11-8-12-16-31)45(38(49)35(44)29(3)4)33(25-30-13-9-7-10-14-30)37(48)43(23-24-46)39-41-40(5,6)27-50-39;/h7-19,21-22,24,26,29,33,35H,20,23,25,27H2,1-6H3;1H/q+1;/p-1/t33-,35+;/m0./s1. The third-order valence-electron chi connectivity index (χ3n) is 8.67. The second kappa shape index (κ2) is 16.9. The van der Waals surface area contributed by atoms with Crippen molar-refractivity contribution in [2.24, 2.45) is 10.9 Å². The Labute approximate surface area is 310 Å². The predicted octanol–water partition coefficient (Wildman–Crippen LogP) is 2.06. The van der Waals surface area contributed by atoms with Crippen molar-refractivity contribution in [2.45, 2.75) is 72.1 Å². The molecule has 0 aliphatic carbocycles. The normalized spacial score (nSPS) is 17.1. The van der Waals surface area contributed by atoms with E-state index in [2.05, 4.69) is 11.1 Å². The summed E-state index contributed by atoms with van der Waals surface area (Å²) in [6, 6.07) is 20.2. The molecule has 0 unspecified atom stereocenters. The molecular weight excluding hydrogens is 710 g/mol. The van der Waals surface area contributed by atoms with Gasteiger partial charge in [0.25, 0.3) is 23.7 Å². The number of pyridine rings is 1. The van der Waals surface area contributed by atoms with E-state index in [0.717, 1.165) is 5.56 Å². The van der Waals surface area contributed by atoms with Crippen LogP contribution < -0.4 is 21.5 Å². The minimum atomic E-state index is -1.10. The Bertz CT molecular complexity index is 1800. The molecule has 2 aliphatic heterocycles. The Morgan fingerprint density at radius 3 is 2.20 bits per heavy atom. The van der Waals surface area contributed by atoms with Gasteiger partial charge in [0.15, 0.2) is 18.9 Å². The molecular formula is C40H46BrN5O5. The molecule has 0 fully saturated rings. The van der Waals surface area contributed by atoms with E-state index in [1.165, 1.54) is 20.3 Å². The molecule has 0 spiro atoms. The van der Waals surface area contributed by atoms with Crippen LogP contribution in [-0.4, -0.2) is 75.5 Å². The molecule has 0 radical (unpaired) electrons. The number of halogens is 1. The summed E-state index contributed by atoms with van der Waals surface area (Å²) >= 11 is 0. The third-order valence-corrected chi connectivity index (χ3v) is 8.67. The number of nitrogens with zero attached hydrogens (tertiary/aromatic N) is 5. The quantitative estimate of drug-likeness (QED) is 0.170. The molecule has 51 heavy (non-hydrogen) atoms. The maximum atomic E-state index is 15.0. The third kappa shape index (κ3) is 9.07. The van der Waals surface area contributed by atoms with Gasteiger partial charge < -0.3 is 31.4 Å². The van der Waals surface area contributed by atoms with Crippen LogP contribution in [0.3, 0.4) is 0 Å². The first-order valence-corrected chi connectivity index (χ1v) is 17.0. The van der Waals surface area contributed by atoms with Gasteiger partial charge in [-0.15, -0.1) is 0 Å². The van der Waals surface area contributed by atoms with E-state index in [9.17, 15) is 14.4 Å². The molecule has 268 valence electrons. The molecule has 3 aromatic rings. The van der Waals surface area contributed by atoms with Gasteiger partial charge in [0.05, 0.1) is 23.3 Å². The Morgan fingerprint density at radius 2 is 1.65 bits per heavy atom. The topological polar surface area (TPSA) is 103 Å². The van der Waals surface area contributed by atoms with Crippen LogP contribution in [0.1, 0.15) is 63.0 Å². The van der Waals surface area contributed by atoms with E-state index in [4.69, 9.17) is 4.74 Å². The lowest BCUT2D eigenvalue weighted by molar-refractivity contribution is -0.687. The van der Waals surface area contributed by atoms with Crippen LogP contribution >= 0.6 is 0 Å². The fraction of sp³-hybridized carbons (Fsp3) is 0.350. The lowest BCUT2D eigenvalue weighted by Gasteiger charge is -2.44. The lowest BCUT2D eigenvalue weighted by atomic mass is 9.93. The Hall–Kier alpha value is -4.90. The maximum absolute atomic E-state index is 15.0. The largest absolute Gasteiger partial charge is 1.00 e. The van der Waals surface area contributed by atoms with Gasteiger partial charge in [0.2, 0.25) is 0 Å². The first kappa shape index (κ1) is 38.9. The molecule has 10 nitrogen and oxygen atoms in total. The summed E-state index contributed by atoms with van der Waals surface area (Å²) in [6.45, 7) is 12.2. The van der Waals surface area contributed by atoms with Crippen LogP contribution in [-0.2, 0) is 32.1 Å². The molecule has 2 aromatic carbocycles. The molecule has 0 N–H and O–H groups in total. The number of carbonyl (C=O) groups excluding carboxylic acids is 4. The Balaban J connectivity index is 0.00000583. The fourth-order valence-corrected chi connectivity index (χ4v) is 6.09. The monoisotopic (exact) mass is 755 g/mol. The molecule has 2 atom stereocenters. The van der Waals surface area contributed by atoms with Crippen molar-refractivity contribution in [2.75, 3.05) is 13.2 Å². The summed E-state index contributed by atoms with van der Waals surface area (Å²) in [6.07, 6.45) is 8.26. The number of aromatic nitrogens is 1.